The minimum Gasteiger partial charge on any atom is -0.378 e. The predicted octanol–water partition coefficient (Wildman–Crippen LogP) is 1.01. The Morgan fingerprint density at radius 3 is 2.60 bits per heavy atom. The van der Waals surface area contributed by atoms with E-state index in [0.717, 1.165) is 25.0 Å². The highest BCUT2D eigenvalue weighted by molar-refractivity contribution is 4.86. The second kappa shape index (κ2) is 3.35. The van der Waals surface area contributed by atoms with Gasteiger partial charge in [0.05, 0.1) is 12.7 Å². The van der Waals surface area contributed by atoms with Gasteiger partial charge in [-0.2, -0.15) is 0 Å². The fraction of sp³-hybridized carbons (Fsp3) is 1.00. The average Bonchev–Trinajstić information content (AvgIpc) is 2.61. The van der Waals surface area contributed by atoms with Gasteiger partial charge in [0.25, 0.3) is 0 Å². The predicted molar refractivity (Wildman–Crippen MR) is 41.7 cm³/mol. The summed E-state index contributed by atoms with van der Waals surface area (Å²) in [5, 5.41) is 0. The third-order valence-corrected chi connectivity index (χ3v) is 2.02. The molecule has 0 unspecified atom stereocenters. The van der Waals surface area contributed by atoms with Crippen molar-refractivity contribution in [2.75, 3.05) is 13.2 Å². The second-order valence-corrected chi connectivity index (χ2v) is 3.37. The number of nitrogens with two attached hydrogens (primary N) is 1. The molecule has 0 spiro atoms. The molecular formula is C8H17NO. The van der Waals surface area contributed by atoms with E-state index in [0.29, 0.717) is 6.10 Å². The smallest absolute Gasteiger partial charge is 0.0519 e. The van der Waals surface area contributed by atoms with Gasteiger partial charge in [-0.1, -0.05) is 0 Å². The first-order valence-electron chi connectivity index (χ1n) is 4.05. The van der Waals surface area contributed by atoms with Crippen molar-refractivity contribution >= 4 is 0 Å². The normalized spacial score (nSPS) is 31.2. The van der Waals surface area contributed by atoms with Gasteiger partial charge in [0.2, 0.25) is 0 Å². The zero-order valence-corrected chi connectivity index (χ0v) is 6.84. The van der Waals surface area contributed by atoms with Crippen LogP contribution in [0.3, 0.4) is 0 Å². The van der Waals surface area contributed by atoms with E-state index in [1.807, 2.05) is 0 Å². The molecule has 1 aliphatic rings. The standard InChI is InChI=1S/C8H17NO/c1-6(2)10-5-8-3-7(8)4-9/h6-8H,3-5,9H2,1-2H3/t7-,8-/m0/s1. The molecule has 0 bridgehead atoms. The highest BCUT2D eigenvalue weighted by atomic mass is 16.5. The molecular weight excluding hydrogens is 126 g/mol. The Morgan fingerprint density at radius 2 is 2.20 bits per heavy atom. The molecule has 0 aromatic rings. The lowest BCUT2D eigenvalue weighted by Gasteiger charge is -2.05. The van der Waals surface area contributed by atoms with Crippen molar-refractivity contribution in [3.63, 3.8) is 0 Å². The van der Waals surface area contributed by atoms with Crippen LogP contribution in [-0.2, 0) is 4.74 Å². The van der Waals surface area contributed by atoms with E-state index in [4.69, 9.17) is 10.5 Å². The van der Waals surface area contributed by atoms with Gasteiger partial charge in [0, 0.05) is 0 Å². The second-order valence-electron chi connectivity index (χ2n) is 3.37. The van der Waals surface area contributed by atoms with Crippen molar-refractivity contribution in [1.29, 1.82) is 0 Å². The topological polar surface area (TPSA) is 35.2 Å². The highest BCUT2D eigenvalue weighted by Gasteiger charge is 2.35. The molecule has 2 heteroatoms. The Bertz CT molecular complexity index is 103. The Balaban J connectivity index is 1.96. The summed E-state index contributed by atoms with van der Waals surface area (Å²) >= 11 is 0. The summed E-state index contributed by atoms with van der Waals surface area (Å²) in [6, 6.07) is 0. The van der Waals surface area contributed by atoms with Crippen LogP contribution in [0, 0.1) is 11.8 Å². The van der Waals surface area contributed by atoms with Gasteiger partial charge in [-0.05, 0) is 38.6 Å². The van der Waals surface area contributed by atoms with E-state index >= 15 is 0 Å². The van der Waals surface area contributed by atoms with Crippen LogP contribution in [0.2, 0.25) is 0 Å². The van der Waals surface area contributed by atoms with Crippen molar-refractivity contribution in [3.8, 4) is 0 Å². The molecule has 1 fully saturated rings. The molecule has 0 heterocycles. The van der Waals surface area contributed by atoms with Crippen molar-refractivity contribution in [3.05, 3.63) is 0 Å². The van der Waals surface area contributed by atoms with Crippen molar-refractivity contribution in [1.82, 2.24) is 0 Å². The molecule has 2 N–H and O–H groups in total. The first kappa shape index (κ1) is 8.02. The first-order valence-corrected chi connectivity index (χ1v) is 4.05. The number of hydrogen-bond donors (Lipinski definition) is 1. The number of rotatable bonds is 4. The zero-order chi connectivity index (χ0) is 7.56. The maximum Gasteiger partial charge on any atom is 0.0519 e. The molecule has 1 aliphatic carbocycles. The molecule has 2 atom stereocenters. The quantitative estimate of drug-likeness (QED) is 0.637. The SMILES string of the molecule is CC(C)OC[C@@H]1C[C@H]1CN. The third-order valence-electron chi connectivity index (χ3n) is 2.02. The van der Waals surface area contributed by atoms with E-state index in [1.54, 1.807) is 0 Å². The Morgan fingerprint density at radius 1 is 1.50 bits per heavy atom. The van der Waals surface area contributed by atoms with Gasteiger partial charge < -0.3 is 10.5 Å². The van der Waals surface area contributed by atoms with Crippen LogP contribution in [0.5, 0.6) is 0 Å². The lowest BCUT2D eigenvalue weighted by atomic mass is 10.3. The zero-order valence-electron chi connectivity index (χ0n) is 6.84. The lowest BCUT2D eigenvalue weighted by molar-refractivity contribution is 0.0682. The summed E-state index contributed by atoms with van der Waals surface area (Å²) in [5.74, 6) is 1.53. The molecule has 0 amide bonds. The molecule has 0 aromatic carbocycles. The van der Waals surface area contributed by atoms with Crippen LogP contribution in [0.25, 0.3) is 0 Å². The summed E-state index contributed by atoms with van der Waals surface area (Å²) < 4.78 is 5.44. The maximum atomic E-state index is 5.48. The van der Waals surface area contributed by atoms with Crippen molar-refractivity contribution in [2.24, 2.45) is 17.6 Å². The molecule has 1 saturated carbocycles. The summed E-state index contributed by atoms with van der Waals surface area (Å²) in [5.41, 5.74) is 5.48. The van der Waals surface area contributed by atoms with Crippen molar-refractivity contribution in [2.45, 2.75) is 26.4 Å². The minimum absolute atomic E-state index is 0.374. The van der Waals surface area contributed by atoms with E-state index in [9.17, 15) is 0 Å². The summed E-state index contributed by atoms with van der Waals surface area (Å²) in [6.07, 6.45) is 1.66. The van der Waals surface area contributed by atoms with Crippen LogP contribution in [-0.4, -0.2) is 19.3 Å². The van der Waals surface area contributed by atoms with E-state index in [1.165, 1.54) is 6.42 Å². The molecule has 10 heavy (non-hydrogen) atoms. The summed E-state index contributed by atoms with van der Waals surface area (Å²) in [4.78, 5) is 0. The highest BCUT2D eigenvalue weighted by Crippen LogP contribution is 2.37. The fourth-order valence-electron chi connectivity index (χ4n) is 1.12. The van der Waals surface area contributed by atoms with Crippen LogP contribution in [0.15, 0.2) is 0 Å². The van der Waals surface area contributed by atoms with Gasteiger partial charge in [0.1, 0.15) is 0 Å². The van der Waals surface area contributed by atoms with Gasteiger partial charge in [0.15, 0.2) is 0 Å². The van der Waals surface area contributed by atoms with Crippen LogP contribution >= 0.6 is 0 Å². The van der Waals surface area contributed by atoms with Crippen LogP contribution in [0.4, 0.5) is 0 Å². The molecule has 2 nitrogen and oxygen atoms in total. The van der Waals surface area contributed by atoms with E-state index in [-0.39, 0.29) is 0 Å². The molecule has 0 radical (unpaired) electrons. The lowest BCUT2D eigenvalue weighted by Crippen LogP contribution is -2.09. The van der Waals surface area contributed by atoms with Gasteiger partial charge >= 0.3 is 0 Å². The van der Waals surface area contributed by atoms with Gasteiger partial charge in [-0.15, -0.1) is 0 Å². The molecule has 60 valence electrons. The number of ether oxygens (including phenoxy) is 1. The third kappa shape index (κ3) is 2.27. The molecule has 0 aliphatic heterocycles. The van der Waals surface area contributed by atoms with E-state index < -0.39 is 0 Å². The minimum atomic E-state index is 0.374. The van der Waals surface area contributed by atoms with Crippen LogP contribution in [0.1, 0.15) is 20.3 Å². The summed E-state index contributed by atoms with van der Waals surface area (Å²) in [7, 11) is 0. The monoisotopic (exact) mass is 143 g/mol. The Kier molecular flexibility index (Phi) is 2.69. The molecule has 1 rings (SSSR count). The number of hydrogen-bond acceptors (Lipinski definition) is 2. The molecule has 0 saturated heterocycles. The van der Waals surface area contributed by atoms with Crippen LogP contribution < -0.4 is 5.73 Å². The largest absolute Gasteiger partial charge is 0.378 e. The van der Waals surface area contributed by atoms with Crippen molar-refractivity contribution < 1.29 is 4.74 Å². The average molecular weight is 143 g/mol. The maximum absolute atomic E-state index is 5.48. The Labute approximate surface area is 62.7 Å². The Hall–Kier alpha value is -0.0800. The molecule has 0 aromatic heterocycles. The fourth-order valence-corrected chi connectivity index (χ4v) is 1.12. The van der Waals surface area contributed by atoms with Gasteiger partial charge in [-0.25, -0.2) is 0 Å². The van der Waals surface area contributed by atoms with E-state index in [2.05, 4.69) is 13.8 Å². The first-order chi connectivity index (χ1) is 4.74. The summed E-state index contributed by atoms with van der Waals surface area (Å²) in [6.45, 7) is 5.89. The van der Waals surface area contributed by atoms with Gasteiger partial charge in [-0.3, -0.25) is 0 Å².